The van der Waals surface area contributed by atoms with Gasteiger partial charge in [0, 0.05) is 19.2 Å². The molecular formula is C14H21FN. The molecule has 0 aliphatic heterocycles. The zero-order valence-electron chi connectivity index (χ0n) is 10.3. The Kier molecular flexibility index (Phi) is 5.91. The molecule has 0 saturated carbocycles. The lowest BCUT2D eigenvalue weighted by atomic mass is 10.2. The first-order valence-electron chi connectivity index (χ1n) is 6.20. The van der Waals surface area contributed by atoms with Crippen LogP contribution in [0.1, 0.15) is 39.5 Å². The molecule has 1 nitrogen and oxygen atoms in total. The quantitative estimate of drug-likeness (QED) is 0.673. The number of nitrogens with zero attached hydrogens (tertiary/aromatic N) is 1. The van der Waals surface area contributed by atoms with Crippen molar-refractivity contribution in [1.29, 1.82) is 0 Å². The van der Waals surface area contributed by atoms with Gasteiger partial charge in [0.25, 0.3) is 0 Å². The highest BCUT2D eigenvalue weighted by Gasteiger charge is 2.09. The average Bonchev–Trinajstić information content (AvgIpc) is 2.31. The van der Waals surface area contributed by atoms with Crippen molar-refractivity contribution in [2.45, 2.75) is 39.5 Å². The van der Waals surface area contributed by atoms with E-state index in [-0.39, 0.29) is 5.82 Å². The van der Waals surface area contributed by atoms with Gasteiger partial charge in [-0.2, -0.15) is 0 Å². The van der Waals surface area contributed by atoms with Crippen molar-refractivity contribution in [3.63, 3.8) is 0 Å². The molecule has 2 heteroatoms. The zero-order valence-corrected chi connectivity index (χ0v) is 10.3. The minimum atomic E-state index is -0.227. The summed E-state index contributed by atoms with van der Waals surface area (Å²) in [6.07, 6.45) is 4.50. The van der Waals surface area contributed by atoms with Crippen LogP contribution in [0.15, 0.2) is 18.2 Å². The highest BCUT2D eigenvalue weighted by molar-refractivity contribution is 5.47. The van der Waals surface area contributed by atoms with Crippen LogP contribution >= 0.6 is 0 Å². The molecule has 1 rings (SSSR count). The van der Waals surface area contributed by atoms with E-state index in [0.717, 1.165) is 38.8 Å². The first kappa shape index (κ1) is 13.0. The van der Waals surface area contributed by atoms with Crippen LogP contribution in [0.3, 0.4) is 0 Å². The van der Waals surface area contributed by atoms with Crippen molar-refractivity contribution in [1.82, 2.24) is 0 Å². The Bertz CT molecular complexity index is 291. The minimum absolute atomic E-state index is 0.227. The SMILES string of the molecule is CCCCN(CCCC)c1ccc[c]c1F. The molecule has 0 unspecified atom stereocenters. The van der Waals surface area contributed by atoms with E-state index >= 15 is 0 Å². The Hall–Kier alpha value is -1.05. The van der Waals surface area contributed by atoms with Crippen molar-refractivity contribution in [3.8, 4) is 0 Å². The number of unbranched alkanes of at least 4 members (excludes halogenated alkanes) is 2. The molecule has 0 fully saturated rings. The average molecular weight is 222 g/mol. The van der Waals surface area contributed by atoms with Crippen molar-refractivity contribution in [3.05, 3.63) is 30.1 Å². The van der Waals surface area contributed by atoms with Gasteiger partial charge < -0.3 is 4.90 Å². The normalized spacial score (nSPS) is 10.4. The van der Waals surface area contributed by atoms with Crippen molar-refractivity contribution >= 4 is 5.69 Å². The molecule has 0 saturated heterocycles. The standard InChI is InChI=1S/C14H21FN/c1-3-5-11-16(12-6-4-2)14-10-8-7-9-13(14)15/h7-8,10H,3-6,11-12H2,1-2H3. The van der Waals surface area contributed by atoms with Crippen LogP contribution in [-0.4, -0.2) is 13.1 Å². The topological polar surface area (TPSA) is 3.24 Å². The molecule has 0 aliphatic carbocycles. The molecule has 0 amide bonds. The predicted octanol–water partition coefficient (Wildman–Crippen LogP) is 4.03. The number of rotatable bonds is 7. The maximum atomic E-state index is 13.6. The lowest BCUT2D eigenvalue weighted by molar-refractivity contribution is 0.603. The van der Waals surface area contributed by atoms with Gasteiger partial charge in [-0.3, -0.25) is 0 Å². The molecular weight excluding hydrogens is 201 g/mol. The van der Waals surface area contributed by atoms with E-state index < -0.39 is 0 Å². The highest BCUT2D eigenvalue weighted by Crippen LogP contribution is 2.19. The molecule has 89 valence electrons. The second kappa shape index (κ2) is 7.26. The van der Waals surface area contributed by atoms with E-state index in [1.165, 1.54) is 0 Å². The Labute approximate surface area is 98.3 Å². The number of hydrogen-bond donors (Lipinski definition) is 0. The number of halogens is 1. The van der Waals surface area contributed by atoms with Gasteiger partial charge in [-0.05, 0) is 18.9 Å². The Morgan fingerprint density at radius 2 is 1.81 bits per heavy atom. The Morgan fingerprint density at radius 3 is 2.31 bits per heavy atom. The third kappa shape index (κ3) is 3.84. The molecule has 0 bridgehead atoms. The fourth-order valence-electron chi connectivity index (χ4n) is 1.70. The van der Waals surface area contributed by atoms with Crippen LogP contribution < -0.4 is 4.90 Å². The van der Waals surface area contributed by atoms with Gasteiger partial charge in [-0.15, -0.1) is 0 Å². The molecule has 0 aromatic heterocycles. The maximum absolute atomic E-state index is 13.6. The van der Waals surface area contributed by atoms with E-state index in [1.54, 1.807) is 6.07 Å². The summed E-state index contributed by atoms with van der Waals surface area (Å²) < 4.78 is 13.6. The molecule has 16 heavy (non-hydrogen) atoms. The summed E-state index contributed by atoms with van der Waals surface area (Å²) in [6, 6.07) is 7.94. The van der Waals surface area contributed by atoms with E-state index in [4.69, 9.17) is 0 Å². The van der Waals surface area contributed by atoms with Crippen LogP contribution in [0.4, 0.5) is 10.1 Å². The van der Waals surface area contributed by atoms with E-state index in [2.05, 4.69) is 24.8 Å². The third-order valence-corrected chi connectivity index (χ3v) is 2.69. The molecule has 0 atom stereocenters. The summed E-state index contributed by atoms with van der Waals surface area (Å²) in [5.41, 5.74) is 0.699. The fraction of sp³-hybridized carbons (Fsp3) is 0.571. The summed E-state index contributed by atoms with van der Waals surface area (Å²) in [7, 11) is 0. The molecule has 1 aromatic carbocycles. The van der Waals surface area contributed by atoms with Crippen LogP contribution in [0.2, 0.25) is 0 Å². The second-order valence-electron chi connectivity index (χ2n) is 4.06. The summed E-state index contributed by atoms with van der Waals surface area (Å²) >= 11 is 0. The van der Waals surface area contributed by atoms with Gasteiger partial charge in [-0.25, -0.2) is 4.39 Å². The number of hydrogen-bond acceptors (Lipinski definition) is 1. The summed E-state index contributed by atoms with van der Waals surface area (Å²) in [5.74, 6) is -0.227. The number of benzene rings is 1. The Balaban J connectivity index is 2.70. The molecule has 0 aliphatic rings. The van der Waals surface area contributed by atoms with Crippen LogP contribution in [0.25, 0.3) is 0 Å². The van der Waals surface area contributed by atoms with Gasteiger partial charge in [0.15, 0.2) is 5.82 Å². The maximum Gasteiger partial charge on any atom is 0.154 e. The summed E-state index contributed by atoms with van der Waals surface area (Å²) in [6.45, 7) is 6.19. The van der Waals surface area contributed by atoms with E-state index in [0.29, 0.717) is 5.69 Å². The first-order valence-corrected chi connectivity index (χ1v) is 6.20. The van der Waals surface area contributed by atoms with Crippen molar-refractivity contribution in [2.75, 3.05) is 18.0 Å². The Morgan fingerprint density at radius 1 is 1.19 bits per heavy atom. The van der Waals surface area contributed by atoms with Crippen LogP contribution in [0.5, 0.6) is 0 Å². The van der Waals surface area contributed by atoms with Gasteiger partial charge in [0.05, 0.1) is 5.69 Å². The van der Waals surface area contributed by atoms with Crippen molar-refractivity contribution in [2.24, 2.45) is 0 Å². The summed E-state index contributed by atoms with van der Waals surface area (Å²) in [5, 5.41) is 0. The minimum Gasteiger partial charge on any atom is -0.369 e. The van der Waals surface area contributed by atoms with E-state index in [9.17, 15) is 4.39 Å². The largest absolute Gasteiger partial charge is 0.369 e. The highest BCUT2D eigenvalue weighted by atomic mass is 19.1. The van der Waals surface area contributed by atoms with Crippen molar-refractivity contribution < 1.29 is 4.39 Å². The molecule has 1 aromatic rings. The molecule has 1 radical (unpaired) electrons. The van der Waals surface area contributed by atoms with Gasteiger partial charge >= 0.3 is 0 Å². The van der Waals surface area contributed by atoms with Crippen LogP contribution in [-0.2, 0) is 0 Å². The summed E-state index contributed by atoms with van der Waals surface area (Å²) in [4.78, 5) is 2.14. The molecule has 0 heterocycles. The second-order valence-corrected chi connectivity index (χ2v) is 4.06. The lowest BCUT2D eigenvalue weighted by Crippen LogP contribution is -2.26. The predicted molar refractivity (Wildman–Crippen MR) is 67.3 cm³/mol. The smallest absolute Gasteiger partial charge is 0.154 e. The molecule has 0 spiro atoms. The first-order chi connectivity index (χ1) is 7.79. The van der Waals surface area contributed by atoms with Gasteiger partial charge in [0.2, 0.25) is 0 Å². The van der Waals surface area contributed by atoms with Gasteiger partial charge in [-0.1, -0.05) is 38.8 Å². The number of anilines is 1. The lowest BCUT2D eigenvalue weighted by Gasteiger charge is -2.24. The molecule has 0 N–H and O–H groups in total. The van der Waals surface area contributed by atoms with Gasteiger partial charge in [0.1, 0.15) is 0 Å². The zero-order chi connectivity index (χ0) is 11.8. The third-order valence-electron chi connectivity index (χ3n) is 2.69. The van der Waals surface area contributed by atoms with Crippen LogP contribution in [0, 0.1) is 11.9 Å². The van der Waals surface area contributed by atoms with E-state index in [1.807, 2.05) is 12.1 Å². The fourth-order valence-corrected chi connectivity index (χ4v) is 1.70. The monoisotopic (exact) mass is 222 g/mol.